The summed E-state index contributed by atoms with van der Waals surface area (Å²) in [5, 5.41) is 0. The number of aryl methyl sites for hydroxylation is 1. The highest BCUT2D eigenvalue weighted by Crippen LogP contribution is 2.24. The Hall–Kier alpha value is -2.08. The van der Waals surface area contributed by atoms with Gasteiger partial charge < -0.3 is 5.73 Å². The van der Waals surface area contributed by atoms with Gasteiger partial charge in [-0.05, 0) is 37.6 Å². The lowest BCUT2D eigenvalue weighted by Crippen LogP contribution is -2.14. The lowest BCUT2D eigenvalue weighted by atomic mass is 10.2. The van der Waals surface area contributed by atoms with Crippen molar-refractivity contribution in [3.63, 3.8) is 0 Å². The van der Waals surface area contributed by atoms with Gasteiger partial charge in [0.15, 0.2) is 0 Å². The molecule has 2 rings (SSSR count). The van der Waals surface area contributed by atoms with E-state index in [9.17, 15) is 12.8 Å². The van der Waals surface area contributed by atoms with Gasteiger partial charge in [0.1, 0.15) is 5.82 Å². The molecule has 3 N–H and O–H groups in total. The molecule has 2 aromatic carbocycles. The Bertz CT molecular complexity index is 735. The fourth-order valence-electron chi connectivity index (χ4n) is 1.72. The predicted molar refractivity (Wildman–Crippen MR) is 77.5 cm³/mol. The maximum absolute atomic E-state index is 13.6. The van der Waals surface area contributed by atoms with Gasteiger partial charge in [-0.15, -0.1) is 0 Å². The first-order valence-electron chi connectivity index (χ1n) is 5.95. The molecule has 0 aliphatic rings. The van der Waals surface area contributed by atoms with Gasteiger partial charge in [-0.1, -0.05) is 18.2 Å². The minimum atomic E-state index is -3.87. The Kier molecular flexibility index (Phi) is 3.67. The smallest absolute Gasteiger partial charge is 0.262 e. The Balaban J connectivity index is 2.44. The standard InChI is InChI=1S/C14H15FN2O2S/c1-9-5-3-4-6-14(9)17-20(18,19)11-7-12(15)10(2)13(16)8-11/h3-8,17H,16H2,1-2H3. The van der Waals surface area contributed by atoms with Crippen LogP contribution < -0.4 is 10.5 Å². The van der Waals surface area contributed by atoms with Crippen molar-refractivity contribution in [1.82, 2.24) is 0 Å². The highest BCUT2D eigenvalue weighted by molar-refractivity contribution is 7.92. The van der Waals surface area contributed by atoms with Crippen molar-refractivity contribution >= 4 is 21.4 Å². The second kappa shape index (κ2) is 5.13. The molecule has 0 fully saturated rings. The normalized spacial score (nSPS) is 11.3. The van der Waals surface area contributed by atoms with Crippen molar-refractivity contribution in [1.29, 1.82) is 0 Å². The van der Waals surface area contributed by atoms with Crippen LogP contribution in [0.4, 0.5) is 15.8 Å². The summed E-state index contributed by atoms with van der Waals surface area (Å²) in [6, 6.07) is 9.15. The molecular formula is C14H15FN2O2S. The van der Waals surface area contributed by atoms with E-state index < -0.39 is 15.8 Å². The average Bonchev–Trinajstić information content (AvgIpc) is 2.38. The van der Waals surface area contributed by atoms with Crippen molar-refractivity contribution in [2.75, 3.05) is 10.5 Å². The molecule has 0 spiro atoms. The average molecular weight is 294 g/mol. The second-order valence-electron chi connectivity index (χ2n) is 4.54. The second-order valence-corrected chi connectivity index (χ2v) is 6.22. The van der Waals surface area contributed by atoms with Crippen LogP contribution >= 0.6 is 0 Å². The molecule has 0 aliphatic carbocycles. The number of hydrogen-bond donors (Lipinski definition) is 2. The first-order valence-corrected chi connectivity index (χ1v) is 7.43. The minimum absolute atomic E-state index is 0.107. The van der Waals surface area contributed by atoms with E-state index in [1.807, 2.05) is 0 Å². The maximum Gasteiger partial charge on any atom is 0.262 e. The summed E-state index contributed by atoms with van der Waals surface area (Å²) < 4.78 is 40.5. The number of nitrogen functional groups attached to an aromatic ring is 1. The number of anilines is 2. The summed E-state index contributed by atoms with van der Waals surface area (Å²) in [6.45, 7) is 3.28. The summed E-state index contributed by atoms with van der Waals surface area (Å²) in [5.74, 6) is -0.643. The summed E-state index contributed by atoms with van der Waals surface area (Å²) in [4.78, 5) is -0.193. The predicted octanol–water partition coefficient (Wildman–Crippen LogP) is 2.83. The lowest BCUT2D eigenvalue weighted by molar-refractivity contribution is 0.593. The molecule has 106 valence electrons. The summed E-state index contributed by atoms with van der Waals surface area (Å²) in [6.07, 6.45) is 0. The quantitative estimate of drug-likeness (QED) is 0.855. The topological polar surface area (TPSA) is 72.2 Å². The van der Waals surface area contributed by atoms with Crippen LogP contribution in [0.3, 0.4) is 0 Å². The van der Waals surface area contributed by atoms with Crippen LogP contribution in [0.1, 0.15) is 11.1 Å². The minimum Gasteiger partial charge on any atom is -0.398 e. The van der Waals surface area contributed by atoms with E-state index in [0.29, 0.717) is 5.69 Å². The number of hydrogen-bond acceptors (Lipinski definition) is 3. The summed E-state index contributed by atoms with van der Waals surface area (Å²) >= 11 is 0. The molecule has 0 aliphatic heterocycles. The van der Waals surface area contributed by atoms with Crippen molar-refractivity contribution in [3.05, 3.63) is 53.3 Å². The van der Waals surface area contributed by atoms with Crippen LogP contribution in [-0.4, -0.2) is 8.42 Å². The van der Waals surface area contributed by atoms with E-state index >= 15 is 0 Å². The van der Waals surface area contributed by atoms with Gasteiger partial charge in [0.05, 0.1) is 10.6 Å². The van der Waals surface area contributed by atoms with Crippen LogP contribution in [0.5, 0.6) is 0 Å². The molecule has 20 heavy (non-hydrogen) atoms. The van der Waals surface area contributed by atoms with Gasteiger partial charge in [-0.3, -0.25) is 4.72 Å². The molecule has 0 saturated carbocycles. The molecular weight excluding hydrogens is 279 g/mol. The number of halogens is 1. The SMILES string of the molecule is Cc1ccccc1NS(=O)(=O)c1cc(N)c(C)c(F)c1. The monoisotopic (exact) mass is 294 g/mol. The first kappa shape index (κ1) is 14.3. The molecule has 6 heteroatoms. The van der Waals surface area contributed by atoms with E-state index in [0.717, 1.165) is 11.6 Å². The highest BCUT2D eigenvalue weighted by atomic mass is 32.2. The zero-order valence-electron chi connectivity index (χ0n) is 11.1. The molecule has 2 aromatic rings. The van der Waals surface area contributed by atoms with Gasteiger partial charge in [-0.25, -0.2) is 12.8 Å². The van der Waals surface area contributed by atoms with Crippen LogP contribution in [-0.2, 0) is 10.0 Å². The number of para-hydroxylation sites is 1. The molecule has 0 radical (unpaired) electrons. The Morgan fingerprint density at radius 2 is 1.80 bits per heavy atom. The van der Waals surface area contributed by atoms with Crippen molar-refractivity contribution in [2.24, 2.45) is 0 Å². The molecule has 0 aromatic heterocycles. The van der Waals surface area contributed by atoms with Crippen molar-refractivity contribution < 1.29 is 12.8 Å². The third kappa shape index (κ3) is 2.75. The molecule has 0 bridgehead atoms. The lowest BCUT2D eigenvalue weighted by Gasteiger charge is -2.12. The number of benzene rings is 2. The number of sulfonamides is 1. The fourth-order valence-corrected chi connectivity index (χ4v) is 2.90. The Morgan fingerprint density at radius 1 is 1.15 bits per heavy atom. The number of nitrogens with two attached hydrogens (primary N) is 1. The van der Waals surface area contributed by atoms with E-state index in [4.69, 9.17) is 5.73 Å². The van der Waals surface area contributed by atoms with Crippen LogP contribution in [0, 0.1) is 19.7 Å². The van der Waals surface area contributed by atoms with Crippen molar-refractivity contribution in [3.8, 4) is 0 Å². The fraction of sp³-hybridized carbons (Fsp3) is 0.143. The van der Waals surface area contributed by atoms with Crippen LogP contribution in [0.15, 0.2) is 41.3 Å². The third-order valence-corrected chi connectivity index (χ3v) is 4.40. The Labute approximate surface area is 117 Å². The van der Waals surface area contributed by atoms with E-state index in [1.54, 1.807) is 31.2 Å². The number of nitrogens with one attached hydrogen (secondary N) is 1. The summed E-state index contributed by atoms with van der Waals surface area (Å²) in [7, 11) is -3.87. The maximum atomic E-state index is 13.6. The van der Waals surface area contributed by atoms with Crippen molar-refractivity contribution in [2.45, 2.75) is 18.7 Å². The molecule has 4 nitrogen and oxygen atoms in total. The van der Waals surface area contributed by atoms with Crippen LogP contribution in [0.2, 0.25) is 0 Å². The van der Waals surface area contributed by atoms with Gasteiger partial charge in [0, 0.05) is 11.3 Å². The molecule has 0 saturated heterocycles. The molecule has 0 amide bonds. The van der Waals surface area contributed by atoms with Gasteiger partial charge in [0.25, 0.3) is 10.0 Å². The highest BCUT2D eigenvalue weighted by Gasteiger charge is 2.18. The molecule has 0 heterocycles. The number of rotatable bonds is 3. The van der Waals surface area contributed by atoms with Gasteiger partial charge >= 0.3 is 0 Å². The van der Waals surface area contributed by atoms with Gasteiger partial charge in [0.2, 0.25) is 0 Å². The summed E-state index contributed by atoms with van der Waals surface area (Å²) in [5.41, 5.74) is 7.18. The van der Waals surface area contributed by atoms with E-state index in [1.165, 1.54) is 13.0 Å². The zero-order valence-corrected chi connectivity index (χ0v) is 12.0. The largest absolute Gasteiger partial charge is 0.398 e. The zero-order chi connectivity index (χ0) is 14.9. The molecule has 0 atom stereocenters. The van der Waals surface area contributed by atoms with Crippen LogP contribution in [0.25, 0.3) is 0 Å². The van der Waals surface area contributed by atoms with E-state index in [2.05, 4.69) is 4.72 Å². The first-order chi connectivity index (χ1) is 9.31. The molecule has 0 unspecified atom stereocenters. The Morgan fingerprint density at radius 3 is 2.40 bits per heavy atom. The van der Waals surface area contributed by atoms with Gasteiger partial charge in [-0.2, -0.15) is 0 Å². The van der Waals surface area contributed by atoms with E-state index in [-0.39, 0.29) is 16.1 Å². The third-order valence-electron chi connectivity index (χ3n) is 3.06.